The highest BCUT2D eigenvalue weighted by atomic mass is 79.9. The molecule has 1 aromatic carbocycles. The Bertz CT molecular complexity index is 356. The van der Waals surface area contributed by atoms with Crippen LogP contribution in [0.5, 0.6) is 0 Å². The second-order valence-corrected chi connectivity index (χ2v) is 4.22. The molecule has 0 radical (unpaired) electrons. The van der Waals surface area contributed by atoms with Crippen molar-refractivity contribution in [3.63, 3.8) is 0 Å². The Balaban J connectivity index is 2.97. The van der Waals surface area contributed by atoms with Gasteiger partial charge in [-0.3, -0.25) is 0 Å². The minimum atomic E-state index is -0.734. The topological polar surface area (TPSA) is 20.2 Å². The van der Waals surface area contributed by atoms with Crippen LogP contribution in [0.15, 0.2) is 34.3 Å². The normalized spacial score (nSPS) is 12.4. The summed E-state index contributed by atoms with van der Waals surface area (Å²) in [7, 11) is 0. The van der Waals surface area contributed by atoms with Gasteiger partial charge in [-0.05, 0) is 47.5 Å². The van der Waals surface area contributed by atoms with E-state index in [1.807, 2.05) is 13.8 Å². The van der Waals surface area contributed by atoms with E-state index in [0.717, 1.165) is 5.57 Å². The van der Waals surface area contributed by atoms with E-state index in [4.69, 9.17) is 0 Å². The molecular formula is C11H12BrFO. The molecule has 0 saturated carbocycles. The van der Waals surface area contributed by atoms with E-state index >= 15 is 0 Å². The van der Waals surface area contributed by atoms with Gasteiger partial charge in [0.25, 0.3) is 0 Å². The smallest absolute Gasteiger partial charge is 0.137 e. The molecule has 1 aromatic rings. The lowest BCUT2D eigenvalue weighted by molar-refractivity contribution is 0.227. The van der Waals surface area contributed by atoms with Gasteiger partial charge >= 0.3 is 0 Å². The number of aliphatic hydroxyl groups excluding tert-OH is 1. The van der Waals surface area contributed by atoms with E-state index in [2.05, 4.69) is 15.9 Å². The van der Waals surface area contributed by atoms with Gasteiger partial charge < -0.3 is 5.11 Å². The van der Waals surface area contributed by atoms with Crippen LogP contribution in [0.2, 0.25) is 0 Å². The predicted octanol–water partition coefficient (Wildman–Crippen LogP) is 3.59. The number of rotatable bonds is 2. The standard InChI is InChI=1S/C11H12BrFO/c1-7(2)5-11(14)8-3-4-9(12)10(13)6-8/h3-6,11,14H,1-2H3. The maximum absolute atomic E-state index is 13.1. The molecule has 0 aliphatic rings. The predicted molar refractivity (Wildman–Crippen MR) is 58.5 cm³/mol. The Kier molecular flexibility index (Phi) is 3.84. The average molecular weight is 259 g/mol. The summed E-state index contributed by atoms with van der Waals surface area (Å²) in [5, 5.41) is 9.65. The SMILES string of the molecule is CC(C)=CC(O)c1ccc(Br)c(F)c1. The highest BCUT2D eigenvalue weighted by molar-refractivity contribution is 9.10. The number of aliphatic hydroxyl groups is 1. The number of halogens is 2. The zero-order valence-corrected chi connectivity index (χ0v) is 9.68. The summed E-state index contributed by atoms with van der Waals surface area (Å²) in [6, 6.07) is 4.61. The summed E-state index contributed by atoms with van der Waals surface area (Å²) in [4.78, 5) is 0. The van der Waals surface area contributed by atoms with Gasteiger partial charge in [0.2, 0.25) is 0 Å². The van der Waals surface area contributed by atoms with Gasteiger partial charge in [-0.2, -0.15) is 0 Å². The van der Waals surface area contributed by atoms with Crippen molar-refractivity contribution in [2.24, 2.45) is 0 Å². The van der Waals surface area contributed by atoms with Crippen molar-refractivity contribution in [2.75, 3.05) is 0 Å². The fourth-order valence-electron chi connectivity index (χ4n) is 1.11. The molecule has 1 nitrogen and oxygen atoms in total. The van der Waals surface area contributed by atoms with Crippen LogP contribution in [-0.4, -0.2) is 5.11 Å². The van der Waals surface area contributed by atoms with Gasteiger partial charge in [0.05, 0.1) is 10.6 Å². The molecule has 0 aliphatic heterocycles. The number of benzene rings is 1. The third-order valence-corrected chi connectivity index (χ3v) is 2.42. The van der Waals surface area contributed by atoms with E-state index in [9.17, 15) is 9.50 Å². The molecule has 0 amide bonds. The van der Waals surface area contributed by atoms with Crippen LogP contribution in [0.1, 0.15) is 25.5 Å². The van der Waals surface area contributed by atoms with Crippen molar-refractivity contribution >= 4 is 15.9 Å². The summed E-state index contributed by atoms with van der Waals surface area (Å²) in [5.74, 6) is -0.358. The zero-order chi connectivity index (χ0) is 10.7. The van der Waals surface area contributed by atoms with E-state index in [1.54, 1.807) is 18.2 Å². The van der Waals surface area contributed by atoms with Crippen LogP contribution in [0.4, 0.5) is 4.39 Å². The van der Waals surface area contributed by atoms with Crippen molar-refractivity contribution < 1.29 is 9.50 Å². The molecule has 76 valence electrons. The lowest BCUT2D eigenvalue weighted by Crippen LogP contribution is -1.95. The largest absolute Gasteiger partial charge is 0.384 e. The number of hydrogen-bond acceptors (Lipinski definition) is 1. The van der Waals surface area contributed by atoms with E-state index in [1.165, 1.54) is 6.07 Å². The fourth-order valence-corrected chi connectivity index (χ4v) is 1.35. The first-order valence-corrected chi connectivity index (χ1v) is 5.08. The van der Waals surface area contributed by atoms with Crippen LogP contribution in [-0.2, 0) is 0 Å². The minimum absolute atomic E-state index is 0.358. The lowest BCUT2D eigenvalue weighted by Gasteiger charge is -2.07. The van der Waals surface area contributed by atoms with E-state index in [-0.39, 0.29) is 5.82 Å². The van der Waals surface area contributed by atoms with Gasteiger partial charge in [-0.15, -0.1) is 0 Å². The highest BCUT2D eigenvalue weighted by Gasteiger charge is 2.06. The Hall–Kier alpha value is -0.670. The van der Waals surface area contributed by atoms with Gasteiger partial charge in [0.1, 0.15) is 5.82 Å². The molecule has 1 atom stereocenters. The van der Waals surface area contributed by atoms with Gasteiger partial charge in [0.15, 0.2) is 0 Å². The number of hydrogen-bond donors (Lipinski definition) is 1. The second-order valence-electron chi connectivity index (χ2n) is 3.36. The van der Waals surface area contributed by atoms with Crippen LogP contribution in [0.25, 0.3) is 0 Å². The summed E-state index contributed by atoms with van der Waals surface area (Å²) >= 11 is 3.06. The molecule has 14 heavy (non-hydrogen) atoms. The van der Waals surface area contributed by atoms with Crippen molar-refractivity contribution in [2.45, 2.75) is 20.0 Å². The Morgan fingerprint density at radius 3 is 2.64 bits per heavy atom. The zero-order valence-electron chi connectivity index (χ0n) is 8.09. The minimum Gasteiger partial charge on any atom is -0.384 e. The second kappa shape index (κ2) is 4.71. The van der Waals surface area contributed by atoms with Crippen molar-refractivity contribution in [1.29, 1.82) is 0 Å². The first kappa shape index (κ1) is 11.4. The molecule has 0 spiro atoms. The van der Waals surface area contributed by atoms with Gasteiger partial charge in [-0.1, -0.05) is 17.7 Å². The summed E-state index contributed by atoms with van der Waals surface area (Å²) < 4.78 is 13.5. The van der Waals surface area contributed by atoms with E-state index < -0.39 is 6.10 Å². The average Bonchev–Trinajstić information content (AvgIpc) is 2.08. The van der Waals surface area contributed by atoms with Crippen molar-refractivity contribution in [3.8, 4) is 0 Å². The van der Waals surface area contributed by atoms with Crippen LogP contribution < -0.4 is 0 Å². The molecule has 1 N–H and O–H groups in total. The molecule has 1 unspecified atom stereocenters. The third-order valence-electron chi connectivity index (χ3n) is 1.78. The maximum atomic E-state index is 13.1. The molecule has 0 aliphatic carbocycles. The first-order valence-electron chi connectivity index (χ1n) is 4.28. The number of allylic oxidation sites excluding steroid dienone is 1. The Labute approximate surface area is 91.4 Å². The first-order chi connectivity index (χ1) is 6.50. The molecule has 1 rings (SSSR count). The van der Waals surface area contributed by atoms with Crippen LogP contribution in [0, 0.1) is 5.82 Å². The summed E-state index contributed by atoms with van der Waals surface area (Å²) in [5.41, 5.74) is 1.56. The van der Waals surface area contributed by atoms with Crippen LogP contribution >= 0.6 is 15.9 Å². The summed E-state index contributed by atoms with van der Waals surface area (Å²) in [6.07, 6.45) is 0.950. The Morgan fingerprint density at radius 2 is 2.14 bits per heavy atom. The molecule has 3 heteroatoms. The van der Waals surface area contributed by atoms with Crippen molar-refractivity contribution in [3.05, 3.63) is 45.7 Å². The molecule has 0 heterocycles. The van der Waals surface area contributed by atoms with E-state index in [0.29, 0.717) is 10.0 Å². The van der Waals surface area contributed by atoms with Crippen molar-refractivity contribution in [1.82, 2.24) is 0 Å². The molecular weight excluding hydrogens is 247 g/mol. The van der Waals surface area contributed by atoms with Crippen LogP contribution in [0.3, 0.4) is 0 Å². The molecule has 0 bridgehead atoms. The maximum Gasteiger partial charge on any atom is 0.137 e. The molecule has 0 aromatic heterocycles. The van der Waals surface area contributed by atoms with Gasteiger partial charge in [0, 0.05) is 0 Å². The monoisotopic (exact) mass is 258 g/mol. The third kappa shape index (κ3) is 2.93. The fraction of sp³-hybridized carbons (Fsp3) is 0.273. The Morgan fingerprint density at radius 1 is 1.50 bits per heavy atom. The lowest BCUT2D eigenvalue weighted by atomic mass is 10.1. The van der Waals surface area contributed by atoms with Gasteiger partial charge in [-0.25, -0.2) is 4.39 Å². The molecule has 0 fully saturated rings. The quantitative estimate of drug-likeness (QED) is 0.805. The highest BCUT2D eigenvalue weighted by Crippen LogP contribution is 2.21. The summed E-state index contributed by atoms with van der Waals surface area (Å²) in [6.45, 7) is 3.77. The molecule has 0 saturated heterocycles.